The number of amides is 1. The molecule has 2 N–H and O–H groups in total. The molecule has 0 spiro atoms. The van der Waals surface area contributed by atoms with Crippen molar-refractivity contribution in [3.8, 4) is 0 Å². The number of hydrazone groups is 1. The van der Waals surface area contributed by atoms with E-state index in [2.05, 4.69) is 25.9 Å². The van der Waals surface area contributed by atoms with Crippen molar-refractivity contribution in [1.29, 1.82) is 0 Å². The Balaban J connectivity index is 1.43. The number of carbonyl (C=O) groups excluding carboxylic acids is 1. The van der Waals surface area contributed by atoms with Gasteiger partial charge in [0.2, 0.25) is 0 Å². The summed E-state index contributed by atoms with van der Waals surface area (Å²) in [6, 6.07) is 13.9. The first-order valence-electron chi connectivity index (χ1n) is 9.84. The van der Waals surface area contributed by atoms with Crippen LogP contribution in [-0.4, -0.2) is 26.2 Å². The Morgan fingerprint density at radius 3 is 2.87 bits per heavy atom. The van der Waals surface area contributed by atoms with Crippen LogP contribution >= 0.6 is 0 Å². The standard InChI is InChI=1S/C22H18N6O3/c29-21(14-5-2-1-3-6-14)24-17-13-15-16(7-4-8-18(15)31-22(17)30)25-26-19-9-10-20-23-11-12-28(20)27-19/h1-3,5-6,9-13H,4,7-8H2,(H,24,29)(H,26,27)/b25-16+. The lowest BCUT2D eigenvalue weighted by molar-refractivity contribution is 0.102. The predicted molar refractivity (Wildman–Crippen MR) is 115 cm³/mol. The van der Waals surface area contributed by atoms with Crippen LogP contribution in [0.25, 0.3) is 5.65 Å². The number of aryl methyl sites for hydroxylation is 1. The van der Waals surface area contributed by atoms with Crippen LogP contribution in [0.5, 0.6) is 0 Å². The van der Waals surface area contributed by atoms with Gasteiger partial charge < -0.3 is 9.73 Å². The van der Waals surface area contributed by atoms with Crippen LogP contribution in [0.2, 0.25) is 0 Å². The molecule has 9 heteroatoms. The van der Waals surface area contributed by atoms with Crippen LogP contribution in [0.3, 0.4) is 0 Å². The molecule has 0 atom stereocenters. The number of benzene rings is 1. The van der Waals surface area contributed by atoms with E-state index >= 15 is 0 Å². The van der Waals surface area contributed by atoms with E-state index in [0.29, 0.717) is 35.5 Å². The first-order valence-corrected chi connectivity index (χ1v) is 9.84. The molecule has 0 radical (unpaired) electrons. The molecular formula is C22H18N6O3. The number of aromatic nitrogens is 3. The number of nitrogens with zero attached hydrogens (tertiary/aromatic N) is 4. The molecule has 1 aromatic carbocycles. The van der Waals surface area contributed by atoms with Crippen LogP contribution in [0.4, 0.5) is 11.5 Å². The molecular weight excluding hydrogens is 396 g/mol. The van der Waals surface area contributed by atoms with Gasteiger partial charge in [-0.1, -0.05) is 18.2 Å². The summed E-state index contributed by atoms with van der Waals surface area (Å²) in [6.07, 6.45) is 5.56. The third kappa shape index (κ3) is 3.80. The topological polar surface area (TPSA) is 114 Å². The summed E-state index contributed by atoms with van der Waals surface area (Å²) >= 11 is 0. The Hall–Kier alpha value is -4.27. The van der Waals surface area contributed by atoms with Gasteiger partial charge in [-0.15, -0.1) is 5.10 Å². The maximum atomic E-state index is 12.5. The fraction of sp³-hybridized carbons (Fsp3) is 0.136. The van der Waals surface area contributed by atoms with Gasteiger partial charge in [-0.2, -0.15) is 5.10 Å². The number of hydrogen-bond donors (Lipinski definition) is 2. The smallest absolute Gasteiger partial charge is 0.359 e. The average molecular weight is 414 g/mol. The molecule has 0 saturated carbocycles. The minimum absolute atomic E-state index is 0.0835. The van der Waals surface area contributed by atoms with Crippen LogP contribution in [0.1, 0.15) is 34.5 Å². The van der Waals surface area contributed by atoms with Gasteiger partial charge in [-0.05, 0) is 43.2 Å². The monoisotopic (exact) mass is 414 g/mol. The van der Waals surface area contributed by atoms with Crippen molar-refractivity contribution in [3.63, 3.8) is 0 Å². The van der Waals surface area contributed by atoms with Gasteiger partial charge in [-0.3, -0.25) is 10.2 Å². The highest BCUT2D eigenvalue weighted by Crippen LogP contribution is 2.23. The summed E-state index contributed by atoms with van der Waals surface area (Å²) in [5.74, 6) is 0.741. The minimum atomic E-state index is -0.579. The molecule has 0 bridgehead atoms. The lowest BCUT2D eigenvalue weighted by Gasteiger charge is -2.17. The van der Waals surface area contributed by atoms with E-state index < -0.39 is 5.63 Å². The van der Waals surface area contributed by atoms with Crippen molar-refractivity contribution in [3.05, 3.63) is 88.2 Å². The van der Waals surface area contributed by atoms with E-state index in [-0.39, 0.29) is 11.6 Å². The molecule has 0 unspecified atom stereocenters. The number of anilines is 2. The van der Waals surface area contributed by atoms with E-state index in [9.17, 15) is 9.59 Å². The number of nitrogens with one attached hydrogen (secondary N) is 2. The Labute approximate surface area is 176 Å². The maximum absolute atomic E-state index is 12.5. The van der Waals surface area contributed by atoms with Gasteiger partial charge in [-0.25, -0.2) is 14.3 Å². The molecule has 3 heterocycles. The van der Waals surface area contributed by atoms with Gasteiger partial charge in [0.25, 0.3) is 5.91 Å². The van der Waals surface area contributed by atoms with Crippen molar-refractivity contribution in [2.24, 2.45) is 5.10 Å². The fourth-order valence-corrected chi connectivity index (χ4v) is 3.47. The molecule has 0 saturated heterocycles. The molecule has 3 aromatic heterocycles. The van der Waals surface area contributed by atoms with Gasteiger partial charge in [0.1, 0.15) is 11.4 Å². The summed E-state index contributed by atoms with van der Waals surface area (Å²) < 4.78 is 7.14. The average Bonchev–Trinajstić information content (AvgIpc) is 3.26. The van der Waals surface area contributed by atoms with Gasteiger partial charge >= 0.3 is 5.63 Å². The lowest BCUT2D eigenvalue weighted by atomic mass is 9.95. The second-order valence-electron chi connectivity index (χ2n) is 7.08. The highest BCUT2D eigenvalue weighted by atomic mass is 16.4. The van der Waals surface area contributed by atoms with Crippen molar-refractivity contribution in [2.45, 2.75) is 19.3 Å². The first-order chi connectivity index (χ1) is 15.2. The molecule has 4 aromatic rings. The van der Waals surface area contributed by atoms with E-state index in [4.69, 9.17) is 4.42 Å². The number of hydrogen-bond acceptors (Lipinski definition) is 7. The molecule has 9 nitrogen and oxygen atoms in total. The maximum Gasteiger partial charge on any atom is 0.359 e. The van der Waals surface area contributed by atoms with Crippen molar-refractivity contribution in [1.82, 2.24) is 14.6 Å². The van der Waals surface area contributed by atoms with E-state index in [1.54, 1.807) is 53.3 Å². The zero-order chi connectivity index (χ0) is 21.2. The predicted octanol–water partition coefficient (Wildman–Crippen LogP) is 3.09. The third-order valence-electron chi connectivity index (χ3n) is 5.00. The summed E-state index contributed by atoms with van der Waals surface area (Å²) in [4.78, 5) is 29.0. The van der Waals surface area contributed by atoms with Gasteiger partial charge in [0.15, 0.2) is 11.5 Å². The highest BCUT2D eigenvalue weighted by Gasteiger charge is 2.21. The largest absolute Gasteiger partial charge is 0.426 e. The molecule has 1 amide bonds. The van der Waals surface area contributed by atoms with Crippen LogP contribution < -0.4 is 16.4 Å². The zero-order valence-electron chi connectivity index (χ0n) is 16.4. The summed E-state index contributed by atoms with van der Waals surface area (Å²) in [5.41, 5.74) is 5.08. The Morgan fingerprint density at radius 2 is 2.00 bits per heavy atom. The summed E-state index contributed by atoms with van der Waals surface area (Å²) in [6.45, 7) is 0. The van der Waals surface area contributed by atoms with E-state index in [0.717, 1.165) is 17.8 Å². The van der Waals surface area contributed by atoms with Gasteiger partial charge in [0.05, 0.1) is 5.71 Å². The Bertz CT molecular complexity index is 1360. The minimum Gasteiger partial charge on any atom is -0.426 e. The SMILES string of the molecule is O=C(Nc1cc2c(oc1=O)CCC/C2=N\Nc1ccc2nccn2n1)c1ccccc1. The molecule has 5 rings (SSSR count). The van der Waals surface area contributed by atoms with Crippen molar-refractivity contribution < 1.29 is 9.21 Å². The normalized spacial score (nSPS) is 14.4. The van der Waals surface area contributed by atoms with Crippen LogP contribution in [0.15, 0.2) is 75.2 Å². The Morgan fingerprint density at radius 1 is 1.13 bits per heavy atom. The van der Waals surface area contributed by atoms with Crippen molar-refractivity contribution in [2.75, 3.05) is 10.7 Å². The van der Waals surface area contributed by atoms with E-state index in [1.807, 2.05) is 12.1 Å². The molecule has 154 valence electrons. The second kappa shape index (κ2) is 7.86. The van der Waals surface area contributed by atoms with E-state index in [1.165, 1.54) is 0 Å². The number of imidazole rings is 1. The molecule has 31 heavy (non-hydrogen) atoms. The van der Waals surface area contributed by atoms with Crippen LogP contribution in [-0.2, 0) is 6.42 Å². The van der Waals surface area contributed by atoms with Crippen molar-refractivity contribution >= 4 is 28.8 Å². The van der Waals surface area contributed by atoms with Gasteiger partial charge in [0, 0.05) is 29.9 Å². The third-order valence-corrected chi connectivity index (χ3v) is 5.00. The number of fused-ring (bicyclic) bond motifs is 2. The summed E-state index contributed by atoms with van der Waals surface area (Å²) in [5, 5.41) is 11.5. The first kappa shape index (κ1) is 18.7. The number of rotatable bonds is 4. The lowest BCUT2D eigenvalue weighted by Crippen LogP contribution is -2.22. The number of carbonyl (C=O) groups is 1. The summed E-state index contributed by atoms with van der Waals surface area (Å²) in [7, 11) is 0. The second-order valence-corrected chi connectivity index (χ2v) is 7.08. The highest BCUT2D eigenvalue weighted by molar-refractivity contribution is 6.06. The zero-order valence-corrected chi connectivity index (χ0v) is 16.4. The molecule has 0 aliphatic heterocycles. The fourth-order valence-electron chi connectivity index (χ4n) is 3.47. The molecule has 1 aliphatic carbocycles. The quantitative estimate of drug-likeness (QED) is 0.496. The molecule has 0 fully saturated rings. The van der Waals surface area contributed by atoms with Crippen LogP contribution in [0, 0.1) is 0 Å². The molecule has 1 aliphatic rings. The Kier molecular flexibility index (Phi) is 4.75.